The topological polar surface area (TPSA) is 140 Å². The quantitative estimate of drug-likeness (QED) is 0.397. The molecular formula is C14H13N7O4. The third-order valence-electron chi connectivity index (χ3n) is 3.59. The number of nitrogens with zero attached hydrogens (tertiary/aromatic N) is 5. The molecule has 0 spiro atoms. The van der Waals surface area contributed by atoms with Crippen LogP contribution in [0.2, 0.25) is 0 Å². The zero-order chi connectivity index (χ0) is 18.1. The fourth-order valence-electron chi connectivity index (χ4n) is 2.29. The van der Waals surface area contributed by atoms with Crippen LogP contribution < -0.4 is 16.7 Å². The number of aromatic amines is 1. The van der Waals surface area contributed by atoms with Gasteiger partial charge in [0.1, 0.15) is 0 Å². The molecule has 2 heterocycles. The first kappa shape index (κ1) is 16.1. The average molecular weight is 343 g/mol. The summed E-state index contributed by atoms with van der Waals surface area (Å²) in [5, 5.41) is 14.7. The number of hydrogen-bond donors (Lipinski definition) is 2. The Kier molecular flexibility index (Phi) is 3.89. The second kappa shape index (κ2) is 6.03. The fourth-order valence-corrected chi connectivity index (χ4v) is 2.29. The van der Waals surface area contributed by atoms with Crippen molar-refractivity contribution in [2.24, 2.45) is 19.2 Å². The molecule has 0 fully saturated rings. The minimum atomic E-state index is -0.567. The minimum absolute atomic E-state index is 0.0479. The third-order valence-corrected chi connectivity index (χ3v) is 3.59. The van der Waals surface area contributed by atoms with Crippen molar-refractivity contribution in [2.75, 3.05) is 5.43 Å². The molecule has 0 saturated carbocycles. The minimum Gasteiger partial charge on any atom is -0.306 e. The van der Waals surface area contributed by atoms with Crippen molar-refractivity contribution < 1.29 is 4.92 Å². The molecular weight excluding hydrogens is 330 g/mol. The zero-order valence-corrected chi connectivity index (χ0v) is 13.3. The number of imidazole rings is 1. The number of hydrogen-bond acceptors (Lipinski definition) is 7. The van der Waals surface area contributed by atoms with E-state index < -0.39 is 16.2 Å². The Bertz CT molecular complexity index is 1120. The van der Waals surface area contributed by atoms with Gasteiger partial charge in [-0.3, -0.25) is 24.5 Å². The molecule has 11 heteroatoms. The Balaban J connectivity index is 1.93. The first-order valence-electron chi connectivity index (χ1n) is 7.07. The van der Waals surface area contributed by atoms with Crippen LogP contribution >= 0.6 is 0 Å². The van der Waals surface area contributed by atoms with Gasteiger partial charge < -0.3 is 4.57 Å². The van der Waals surface area contributed by atoms with Crippen molar-refractivity contribution in [3.63, 3.8) is 0 Å². The van der Waals surface area contributed by atoms with E-state index in [9.17, 15) is 19.7 Å². The highest BCUT2D eigenvalue weighted by Crippen LogP contribution is 2.14. The van der Waals surface area contributed by atoms with Gasteiger partial charge >= 0.3 is 5.69 Å². The summed E-state index contributed by atoms with van der Waals surface area (Å²) in [5.74, 6) is 0.239. The van der Waals surface area contributed by atoms with Crippen LogP contribution in [0, 0.1) is 10.1 Å². The summed E-state index contributed by atoms with van der Waals surface area (Å²) in [5.41, 5.74) is 2.44. The second-order valence-electron chi connectivity index (χ2n) is 5.21. The standard InChI is InChI=1S/C14H13N7O4/c1-19-10-11(20(2)14(23)17-12(10)22)16-13(19)18-15-7-8-4-3-5-9(6-8)21(24)25/h3-7H,1-2H3,(H,16,18)(H,17,22,23)/b15-7-. The van der Waals surface area contributed by atoms with Crippen LogP contribution in [0.1, 0.15) is 5.56 Å². The average Bonchev–Trinajstić information content (AvgIpc) is 2.90. The number of hydrazone groups is 1. The van der Waals surface area contributed by atoms with E-state index >= 15 is 0 Å². The van der Waals surface area contributed by atoms with E-state index in [0.717, 1.165) is 0 Å². The van der Waals surface area contributed by atoms with Crippen LogP contribution in [0.5, 0.6) is 0 Å². The number of fused-ring (bicyclic) bond motifs is 1. The summed E-state index contributed by atoms with van der Waals surface area (Å²) in [6.45, 7) is 0. The Hall–Kier alpha value is -3.76. The summed E-state index contributed by atoms with van der Waals surface area (Å²) in [6, 6.07) is 5.95. The van der Waals surface area contributed by atoms with Crippen molar-refractivity contribution in [3.8, 4) is 0 Å². The summed E-state index contributed by atoms with van der Waals surface area (Å²) in [4.78, 5) is 40.2. The molecule has 0 unspecified atom stereocenters. The molecule has 25 heavy (non-hydrogen) atoms. The number of aryl methyl sites for hydroxylation is 2. The van der Waals surface area contributed by atoms with E-state index in [1.807, 2.05) is 0 Å². The Morgan fingerprint density at radius 1 is 1.32 bits per heavy atom. The zero-order valence-electron chi connectivity index (χ0n) is 13.3. The predicted octanol–water partition coefficient (Wildman–Crippen LogP) is 0.314. The third kappa shape index (κ3) is 2.89. The van der Waals surface area contributed by atoms with Crippen molar-refractivity contribution in [1.82, 2.24) is 19.1 Å². The van der Waals surface area contributed by atoms with Crippen LogP contribution in [-0.4, -0.2) is 30.2 Å². The fraction of sp³-hybridized carbons (Fsp3) is 0.143. The molecule has 2 N–H and O–H groups in total. The highest BCUT2D eigenvalue weighted by atomic mass is 16.6. The molecule has 0 aliphatic rings. The van der Waals surface area contributed by atoms with Crippen LogP contribution in [-0.2, 0) is 14.1 Å². The van der Waals surface area contributed by atoms with Crippen LogP contribution in [0.4, 0.5) is 11.6 Å². The van der Waals surface area contributed by atoms with Gasteiger partial charge in [-0.1, -0.05) is 12.1 Å². The van der Waals surface area contributed by atoms with Gasteiger partial charge in [0.25, 0.3) is 11.2 Å². The van der Waals surface area contributed by atoms with E-state index in [0.29, 0.717) is 5.56 Å². The molecule has 11 nitrogen and oxygen atoms in total. The molecule has 0 atom stereocenters. The maximum absolute atomic E-state index is 11.9. The molecule has 3 aromatic rings. The Labute approximate surface area is 139 Å². The lowest BCUT2D eigenvalue weighted by atomic mass is 10.2. The van der Waals surface area contributed by atoms with E-state index in [1.165, 1.54) is 34.5 Å². The second-order valence-corrected chi connectivity index (χ2v) is 5.21. The number of nitro groups is 1. The number of anilines is 1. The number of rotatable bonds is 4. The lowest BCUT2D eigenvalue weighted by Crippen LogP contribution is -2.29. The summed E-state index contributed by atoms with van der Waals surface area (Å²) >= 11 is 0. The smallest absolute Gasteiger partial charge is 0.306 e. The largest absolute Gasteiger partial charge is 0.329 e. The Morgan fingerprint density at radius 3 is 2.80 bits per heavy atom. The van der Waals surface area contributed by atoms with Gasteiger partial charge in [-0.2, -0.15) is 10.1 Å². The van der Waals surface area contributed by atoms with Crippen molar-refractivity contribution in [3.05, 3.63) is 60.8 Å². The molecule has 1 aromatic carbocycles. The molecule has 128 valence electrons. The lowest BCUT2D eigenvalue weighted by Gasteiger charge is -2.00. The van der Waals surface area contributed by atoms with E-state index in [4.69, 9.17) is 0 Å². The molecule has 0 saturated heterocycles. The van der Waals surface area contributed by atoms with Crippen molar-refractivity contribution >= 4 is 29.0 Å². The highest BCUT2D eigenvalue weighted by Gasteiger charge is 2.14. The number of nitro benzene ring substituents is 1. The van der Waals surface area contributed by atoms with Gasteiger partial charge in [-0.25, -0.2) is 10.2 Å². The number of nitrogens with one attached hydrogen (secondary N) is 2. The molecule has 0 radical (unpaired) electrons. The van der Waals surface area contributed by atoms with Gasteiger partial charge in [-0.15, -0.1) is 0 Å². The van der Waals surface area contributed by atoms with E-state index in [2.05, 4.69) is 20.5 Å². The van der Waals surface area contributed by atoms with Gasteiger partial charge in [0.15, 0.2) is 11.2 Å². The summed E-state index contributed by atoms with van der Waals surface area (Å²) in [6.07, 6.45) is 1.38. The maximum atomic E-state index is 11.9. The monoisotopic (exact) mass is 343 g/mol. The van der Waals surface area contributed by atoms with Gasteiger partial charge in [-0.05, 0) is 0 Å². The first-order valence-corrected chi connectivity index (χ1v) is 7.07. The molecule has 0 aliphatic carbocycles. The highest BCUT2D eigenvalue weighted by molar-refractivity contribution is 5.81. The van der Waals surface area contributed by atoms with E-state index in [-0.39, 0.29) is 22.8 Å². The number of H-pyrrole nitrogens is 1. The van der Waals surface area contributed by atoms with Crippen LogP contribution in [0.15, 0.2) is 39.0 Å². The molecule has 0 amide bonds. The number of aromatic nitrogens is 4. The molecule has 0 aliphatic heterocycles. The number of non-ortho nitro benzene ring substituents is 1. The normalized spacial score (nSPS) is 11.3. The lowest BCUT2D eigenvalue weighted by molar-refractivity contribution is -0.384. The van der Waals surface area contributed by atoms with Gasteiger partial charge in [0.2, 0.25) is 5.95 Å². The van der Waals surface area contributed by atoms with Crippen LogP contribution in [0.3, 0.4) is 0 Å². The molecule has 3 rings (SSSR count). The SMILES string of the molecule is Cn1c(N/N=C\c2cccc([N+](=O)[O-])c2)nc2c1c(=O)[nH]c(=O)n2C. The molecule has 0 bridgehead atoms. The Morgan fingerprint density at radius 2 is 2.08 bits per heavy atom. The van der Waals surface area contributed by atoms with Crippen LogP contribution in [0.25, 0.3) is 11.2 Å². The summed E-state index contributed by atoms with van der Waals surface area (Å²) in [7, 11) is 3.09. The summed E-state index contributed by atoms with van der Waals surface area (Å²) < 4.78 is 2.67. The van der Waals surface area contributed by atoms with Crippen molar-refractivity contribution in [2.45, 2.75) is 0 Å². The van der Waals surface area contributed by atoms with Gasteiger partial charge in [0, 0.05) is 31.8 Å². The number of benzene rings is 1. The first-order chi connectivity index (χ1) is 11.9. The predicted molar refractivity (Wildman–Crippen MR) is 90.9 cm³/mol. The van der Waals surface area contributed by atoms with E-state index in [1.54, 1.807) is 19.2 Å². The molecule has 2 aromatic heterocycles. The maximum Gasteiger partial charge on any atom is 0.329 e. The van der Waals surface area contributed by atoms with Gasteiger partial charge in [0.05, 0.1) is 11.1 Å². The van der Waals surface area contributed by atoms with Crippen molar-refractivity contribution in [1.29, 1.82) is 0 Å².